The number of nitrogens with zero attached hydrogens (tertiary/aromatic N) is 2. The molecule has 162 valence electrons. The van der Waals surface area contributed by atoms with Crippen LogP contribution in [0.5, 0.6) is 5.75 Å². The number of ether oxygens (including phenoxy) is 1. The number of amides is 1. The van der Waals surface area contributed by atoms with E-state index in [2.05, 4.69) is 20.2 Å². The van der Waals surface area contributed by atoms with E-state index in [9.17, 15) is 13.2 Å². The van der Waals surface area contributed by atoms with Gasteiger partial charge < -0.3 is 9.15 Å². The molecule has 0 unspecified atom stereocenters. The summed E-state index contributed by atoms with van der Waals surface area (Å²) in [5.41, 5.74) is 0.822. The van der Waals surface area contributed by atoms with Crippen LogP contribution in [0.4, 0.5) is 11.7 Å². The molecular formula is C22H18N4O5S. The number of anilines is 2. The van der Waals surface area contributed by atoms with Crippen molar-refractivity contribution in [2.45, 2.75) is 4.90 Å². The van der Waals surface area contributed by atoms with Crippen LogP contribution in [0.2, 0.25) is 0 Å². The van der Waals surface area contributed by atoms with Crippen molar-refractivity contribution in [3.05, 3.63) is 84.4 Å². The zero-order valence-corrected chi connectivity index (χ0v) is 17.7. The molecule has 1 heterocycles. The quantitative estimate of drug-likeness (QED) is 0.439. The van der Waals surface area contributed by atoms with Crippen LogP contribution in [-0.4, -0.2) is 31.6 Å². The van der Waals surface area contributed by atoms with E-state index in [-0.39, 0.29) is 28.1 Å². The van der Waals surface area contributed by atoms with Gasteiger partial charge in [-0.1, -0.05) is 41.5 Å². The highest BCUT2D eigenvalue weighted by atomic mass is 32.2. The second-order valence-electron chi connectivity index (χ2n) is 6.56. The fraction of sp³-hybridized carbons (Fsp3) is 0.0455. The van der Waals surface area contributed by atoms with E-state index in [1.165, 1.54) is 24.3 Å². The zero-order valence-electron chi connectivity index (χ0n) is 16.8. The molecule has 10 heteroatoms. The Kier molecular flexibility index (Phi) is 5.86. The highest BCUT2D eigenvalue weighted by molar-refractivity contribution is 7.92. The van der Waals surface area contributed by atoms with E-state index in [0.29, 0.717) is 11.3 Å². The van der Waals surface area contributed by atoms with Gasteiger partial charge in [0.15, 0.2) is 0 Å². The summed E-state index contributed by atoms with van der Waals surface area (Å²) in [5, 5.41) is 10.3. The molecule has 0 saturated heterocycles. The number of carbonyl (C=O) groups excluding carboxylic acids is 1. The van der Waals surface area contributed by atoms with Crippen molar-refractivity contribution in [2.75, 3.05) is 17.1 Å². The van der Waals surface area contributed by atoms with E-state index < -0.39 is 15.9 Å². The predicted octanol–water partition coefficient (Wildman–Crippen LogP) is 3.80. The van der Waals surface area contributed by atoms with Crippen molar-refractivity contribution in [3.8, 4) is 17.2 Å². The highest BCUT2D eigenvalue weighted by Crippen LogP contribution is 2.25. The smallest absolute Gasteiger partial charge is 0.322 e. The first-order chi connectivity index (χ1) is 15.5. The minimum Gasteiger partial charge on any atom is -0.497 e. The summed E-state index contributed by atoms with van der Waals surface area (Å²) in [7, 11) is -2.33. The Morgan fingerprint density at radius 1 is 0.938 bits per heavy atom. The van der Waals surface area contributed by atoms with Crippen LogP contribution in [0.3, 0.4) is 0 Å². The molecule has 2 N–H and O–H groups in total. The standard InChI is InChI=1S/C22H18N4O5S/c1-30-16-9-7-8-15(14-16)21-24-25-22(31-21)23-20(27)18-12-5-6-13-19(18)26-32(28,29)17-10-3-2-4-11-17/h2-14,26H,1H3,(H,23,25,27). The normalized spacial score (nSPS) is 11.0. The molecule has 3 aromatic carbocycles. The second kappa shape index (κ2) is 8.90. The lowest BCUT2D eigenvalue weighted by atomic mass is 10.2. The Balaban J connectivity index is 1.54. The van der Waals surface area contributed by atoms with E-state index in [4.69, 9.17) is 9.15 Å². The molecule has 0 aliphatic heterocycles. The minimum absolute atomic E-state index is 0.0787. The van der Waals surface area contributed by atoms with Crippen LogP contribution in [-0.2, 0) is 10.0 Å². The average Bonchev–Trinajstić information content (AvgIpc) is 3.28. The van der Waals surface area contributed by atoms with Gasteiger partial charge in [-0.25, -0.2) is 8.42 Å². The van der Waals surface area contributed by atoms with Gasteiger partial charge in [-0.05, 0) is 42.5 Å². The van der Waals surface area contributed by atoms with Gasteiger partial charge in [-0.15, -0.1) is 5.10 Å². The number of rotatable bonds is 7. The molecule has 4 aromatic rings. The molecule has 0 aliphatic rings. The van der Waals surface area contributed by atoms with E-state index >= 15 is 0 Å². The van der Waals surface area contributed by atoms with Crippen molar-refractivity contribution in [1.82, 2.24) is 10.2 Å². The second-order valence-corrected chi connectivity index (χ2v) is 8.24. The molecule has 4 rings (SSSR count). The van der Waals surface area contributed by atoms with Gasteiger partial charge in [0.25, 0.3) is 15.9 Å². The van der Waals surface area contributed by atoms with Gasteiger partial charge in [-0.3, -0.25) is 14.8 Å². The molecule has 0 saturated carbocycles. The first-order valence-corrected chi connectivity index (χ1v) is 10.9. The fourth-order valence-electron chi connectivity index (χ4n) is 2.88. The van der Waals surface area contributed by atoms with Gasteiger partial charge in [0.2, 0.25) is 5.89 Å². The third-order valence-corrected chi connectivity index (χ3v) is 5.81. The maximum Gasteiger partial charge on any atom is 0.322 e. The van der Waals surface area contributed by atoms with Crippen LogP contribution >= 0.6 is 0 Å². The molecule has 0 spiro atoms. The number of methoxy groups -OCH3 is 1. The third kappa shape index (κ3) is 4.60. The Morgan fingerprint density at radius 2 is 1.69 bits per heavy atom. The van der Waals surface area contributed by atoms with Crippen molar-refractivity contribution in [3.63, 3.8) is 0 Å². The lowest BCUT2D eigenvalue weighted by molar-refractivity contribution is 0.102. The lowest BCUT2D eigenvalue weighted by Gasteiger charge is -2.11. The van der Waals surface area contributed by atoms with Crippen LogP contribution in [0.15, 0.2) is 88.2 Å². The number of hydrogen-bond acceptors (Lipinski definition) is 7. The van der Waals surface area contributed by atoms with E-state index in [0.717, 1.165) is 0 Å². The van der Waals surface area contributed by atoms with Gasteiger partial charge in [-0.2, -0.15) is 0 Å². The van der Waals surface area contributed by atoms with Crippen LogP contribution < -0.4 is 14.8 Å². The van der Waals surface area contributed by atoms with Crippen molar-refractivity contribution in [2.24, 2.45) is 0 Å². The van der Waals surface area contributed by atoms with Crippen LogP contribution in [0.1, 0.15) is 10.4 Å². The first-order valence-electron chi connectivity index (χ1n) is 9.42. The van der Waals surface area contributed by atoms with Crippen LogP contribution in [0.25, 0.3) is 11.5 Å². The predicted molar refractivity (Wildman–Crippen MR) is 118 cm³/mol. The molecule has 0 atom stereocenters. The first kappa shape index (κ1) is 21.1. The molecule has 1 amide bonds. The van der Waals surface area contributed by atoms with Gasteiger partial charge in [0, 0.05) is 5.56 Å². The Morgan fingerprint density at radius 3 is 2.47 bits per heavy atom. The summed E-state index contributed by atoms with van der Waals surface area (Å²) >= 11 is 0. The number of nitrogens with one attached hydrogen (secondary N) is 2. The number of sulfonamides is 1. The minimum atomic E-state index is -3.87. The summed E-state index contributed by atoms with van der Waals surface area (Å²) in [5.74, 6) is 0.195. The number of benzene rings is 3. The van der Waals surface area contributed by atoms with Crippen LogP contribution in [0, 0.1) is 0 Å². The number of carbonyl (C=O) groups is 1. The SMILES string of the molecule is COc1cccc(-c2nnc(NC(=O)c3ccccc3NS(=O)(=O)c3ccccc3)o2)c1. The Hall–Kier alpha value is -4.18. The maximum absolute atomic E-state index is 12.8. The number of aromatic nitrogens is 2. The molecule has 1 aromatic heterocycles. The molecule has 0 radical (unpaired) electrons. The summed E-state index contributed by atoms with van der Waals surface area (Å²) in [6.45, 7) is 0. The summed E-state index contributed by atoms with van der Waals surface area (Å²) in [6.07, 6.45) is 0. The molecule has 0 fully saturated rings. The fourth-order valence-corrected chi connectivity index (χ4v) is 3.99. The zero-order chi connectivity index (χ0) is 22.6. The monoisotopic (exact) mass is 450 g/mol. The topological polar surface area (TPSA) is 123 Å². The van der Waals surface area contributed by atoms with Crippen molar-refractivity contribution < 1.29 is 22.4 Å². The van der Waals surface area contributed by atoms with E-state index in [1.54, 1.807) is 61.7 Å². The maximum atomic E-state index is 12.8. The van der Waals surface area contributed by atoms with Gasteiger partial charge in [0.05, 0.1) is 23.3 Å². The van der Waals surface area contributed by atoms with Gasteiger partial charge >= 0.3 is 6.01 Å². The van der Waals surface area contributed by atoms with Crippen molar-refractivity contribution >= 4 is 27.6 Å². The molecule has 9 nitrogen and oxygen atoms in total. The third-order valence-electron chi connectivity index (χ3n) is 4.43. The molecule has 32 heavy (non-hydrogen) atoms. The number of para-hydroxylation sites is 1. The summed E-state index contributed by atoms with van der Waals surface area (Å²) < 4.78 is 38.4. The average molecular weight is 450 g/mol. The molecule has 0 aliphatic carbocycles. The Bertz CT molecular complexity index is 1350. The molecular weight excluding hydrogens is 432 g/mol. The summed E-state index contributed by atoms with van der Waals surface area (Å²) in [4.78, 5) is 12.9. The van der Waals surface area contributed by atoms with Crippen molar-refractivity contribution in [1.29, 1.82) is 0 Å². The largest absolute Gasteiger partial charge is 0.497 e. The Labute approximate surface area is 184 Å². The van der Waals surface area contributed by atoms with E-state index in [1.807, 2.05) is 0 Å². The number of hydrogen-bond donors (Lipinski definition) is 2. The molecule has 0 bridgehead atoms. The summed E-state index contributed by atoms with van der Waals surface area (Å²) in [6, 6.07) is 21.0. The van der Waals surface area contributed by atoms with Gasteiger partial charge in [0.1, 0.15) is 5.75 Å². The highest BCUT2D eigenvalue weighted by Gasteiger charge is 2.20. The lowest BCUT2D eigenvalue weighted by Crippen LogP contribution is -2.18.